The van der Waals surface area contributed by atoms with E-state index in [1.165, 1.54) is 7.11 Å². The fourth-order valence-corrected chi connectivity index (χ4v) is 3.86. The quantitative estimate of drug-likeness (QED) is 0.330. The van der Waals surface area contributed by atoms with Gasteiger partial charge in [0.1, 0.15) is 0 Å². The number of unbranched alkanes of at least 4 members (excludes halogenated alkanes) is 2. The fourth-order valence-electron chi connectivity index (χ4n) is 2.26. The number of benzene rings is 1. The van der Waals surface area contributed by atoms with Crippen molar-refractivity contribution >= 4 is 40.9 Å². The van der Waals surface area contributed by atoms with Crippen molar-refractivity contribution in [3.05, 3.63) is 33.8 Å². The van der Waals surface area contributed by atoms with Crippen LogP contribution in [0.2, 0.25) is 10.0 Å². The van der Waals surface area contributed by atoms with Crippen LogP contribution in [-0.2, 0) is 16.0 Å². The van der Waals surface area contributed by atoms with Gasteiger partial charge in [-0.15, -0.1) is 0 Å². The van der Waals surface area contributed by atoms with Gasteiger partial charge in [0, 0.05) is 10.0 Å². The maximum Gasteiger partial charge on any atom is 0.309 e. The number of ether oxygens (including phenoxy) is 1. The highest BCUT2D eigenvalue weighted by Gasteiger charge is 2.30. The minimum atomic E-state index is -1.63. The van der Waals surface area contributed by atoms with Gasteiger partial charge in [0.25, 0.3) is 0 Å². The number of carbonyl (C=O) groups excluding carboxylic acids is 1. The summed E-state index contributed by atoms with van der Waals surface area (Å²) in [4.78, 5) is 11.2. The number of esters is 1. The van der Waals surface area contributed by atoms with E-state index in [2.05, 4.69) is 4.74 Å². The minimum Gasteiger partial charge on any atom is -0.469 e. The third-order valence-corrected chi connectivity index (χ3v) is 5.44. The number of aliphatic hydroxyl groups is 1. The molecule has 25 heavy (non-hydrogen) atoms. The van der Waals surface area contributed by atoms with Gasteiger partial charge in [0.2, 0.25) is 0 Å². The van der Waals surface area contributed by atoms with Crippen LogP contribution in [0, 0.1) is 11.3 Å². The smallest absolute Gasteiger partial charge is 0.309 e. The Bertz CT molecular complexity index is 606. The van der Waals surface area contributed by atoms with Crippen LogP contribution in [0.3, 0.4) is 0 Å². The summed E-state index contributed by atoms with van der Waals surface area (Å²) in [5.41, 5.74) is -0.522. The molecule has 4 nitrogen and oxygen atoms in total. The molecule has 1 aromatic carbocycles. The third-order valence-electron chi connectivity index (χ3n) is 3.78. The standard InChI is InChI=1S/C18H23Cl2NO3S/c1-24-17(22)12-18(23,13-21)8-10-25-9-4-2-3-5-14-6-7-15(19)11-16(14)20/h6-7,11,23H,2-5,8-10,12H2,1H3. The fraction of sp³-hybridized carbons (Fsp3) is 0.556. The van der Waals surface area contributed by atoms with Gasteiger partial charge in [0.15, 0.2) is 5.60 Å². The van der Waals surface area contributed by atoms with Crippen LogP contribution in [-0.4, -0.2) is 35.3 Å². The van der Waals surface area contributed by atoms with E-state index in [1.807, 2.05) is 12.1 Å². The SMILES string of the molecule is COC(=O)CC(O)(C#N)CCSCCCCCc1ccc(Cl)cc1Cl. The van der Waals surface area contributed by atoms with E-state index in [4.69, 9.17) is 28.5 Å². The molecule has 1 atom stereocenters. The number of hydrogen-bond donors (Lipinski definition) is 1. The lowest BCUT2D eigenvalue weighted by Crippen LogP contribution is -2.31. The van der Waals surface area contributed by atoms with Crippen molar-refractivity contribution in [2.45, 2.75) is 44.1 Å². The van der Waals surface area contributed by atoms with E-state index in [0.29, 0.717) is 15.8 Å². The molecule has 0 saturated heterocycles. The van der Waals surface area contributed by atoms with Crippen molar-refractivity contribution in [2.75, 3.05) is 18.6 Å². The summed E-state index contributed by atoms with van der Waals surface area (Å²) in [7, 11) is 1.24. The lowest BCUT2D eigenvalue weighted by Gasteiger charge is -2.18. The Morgan fingerprint density at radius 1 is 1.32 bits per heavy atom. The molecule has 1 unspecified atom stereocenters. The Labute approximate surface area is 163 Å². The number of hydrogen-bond acceptors (Lipinski definition) is 5. The Kier molecular flexibility index (Phi) is 10.3. The monoisotopic (exact) mass is 403 g/mol. The van der Waals surface area contributed by atoms with Crippen LogP contribution in [0.25, 0.3) is 0 Å². The molecule has 138 valence electrons. The molecular weight excluding hydrogens is 381 g/mol. The molecule has 0 saturated carbocycles. The summed E-state index contributed by atoms with van der Waals surface area (Å²) in [6.45, 7) is 0. The van der Waals surface area contributed by atoms with Crippen molar-refractivity contribution < 1.29 is 14.6 Å². The first-order valence-electron chi connectivity index (χ1n) is 8.12. The molecule has 0 bridgehead atoms. The van der Waals surface area contributed by atoms with Gasteiger partial charge >= 0.3 is 5.97 Å². The van der Waals surface area contributed by atoms with Crippen LogP contribution < -0.4 is 0 Å². The van der Waals surface area contributed by atoms with Crippen LogP contribution in [0.15, 0.2) is 18.2 Å². The molecule has 0 aliphatic heterocycles. The molecule has 0 fully saturated rings. The maximum atomic E-state index is 11.2. The Balaban J connectivity index is 2.14. The Morgan fingerprint density at radius 3 is 2.72 bits per heavy atom. The summed E-state index contributed by atoms with van der Waals surface area (Å²) in [6.07, 6.45) is 4.07. The number of nitrogens with zero attached hydrogens (tertiary/aromatic N) is 1. The zero-order chi connectivity index (χ0) is 18.7. The molecule has 1 N–H and O–H groups in total. The highest BCUT2D eigenvalue weighted by molar-refractivity contribution is 7.99. The molecule has 0 amide bonds. The van der Waals surface area contributed by atoms with E-state index in [-0.39, 0.29) is 12.8 Å². The van der Waals surface area contributed by atoms with Gasteiger partial charge in [-0.3, -0.25) is 4.79 Å². The number of carbonyl (C=O) groups is 1. The molecule has 0 radical (unpaired) electrons. The lowest BCUT2D eigenvalue weighted by molar-refractivity contribution is -0.144. The maximum absolute atomic E-state index is 11.2. The molecule has 1 aromatic rings. The zero-order valence-electron chi connectivity index (χ0n) is 14.3. The average Bonchev–Trinajstić information content (AvgIpc) is 2.58. The summed E-state index contributed by atoms with van der Waals surface area (Å²) >= 11 is 13.7. The second-order valence-electron chi connectivity index (χ2n) is 5.81. The van der Waals surface area contributed by atoms with Gasteiger partial charge in [0.05, 0.1) is 19.6 Å². The third kappa shape index (κ3) is 8.82. The minimum absolute atomic E-state index is 0.254. The van der Waals surface area contributed by atoms with Crippen molar-refractivity contribution in [2.24, 2.45) is 0 Å². The number of nitriles is 1. The van der Waals surface area contributed by atoms with Crippen molar-refractivity contribution in [3.8, 4) is 6.07 Å². The molecular formula is C18H23Cl2NO3S. The number of aryl methyl sites for hydroxylation is 1. The topological polar surface area (TPSA) is 70.3 Å². The highest BCUT2D eigenvalue weighted by atomic mass is 35.5. The molecule has 0 heterocycles. The molecule has 0 aliphatic rings. The number of halogens is 2. The van der Waals surface area contributed by atoms with Gasteiger partial charge in [-0.25, -0.2) is 0 Å². The van der Waals surface area contributed by atoms with E-state index in [1.54, 1.807) is 23.9 Å². The summed E-state index contributed by atoms with van der Waals surface area (Å²) in [5.74, 6) is 1.01. The van der Waals surface area contributed by atoms with Crippen molar-refractivity contribution in [1.82, 2.24) is 0 Å². The molecule has 0 spiro atoms. The van der Waals surface area contributed by atoms with Crippen molar-refractivity contribution in [3.63, 3.8) is 0 Å². The summed E-state index contributed by atoms with van der Waals surface area (Å²) in [5, 5.41) is 20.4. The largest absolute Gasteiger partial charge is 0.469 e. The first-order chi connectivity index (χ1) is 11.9. The highest BCUT2D eigenvalue weighted by Crippen LogP contribution is 2.23. The Morgan fingerprint density at radius 2 is 2.08 bits per heavy atom. The van der Waals surface area contributed by atoms with Crippen LogP contribution in [0.4, 0.5) is 0 Å². The molecule has 0 aromatic heterocycles. The van der Waals surface area contributed by atoms with Crippen molar-refractivity contribution in [1.29, 1.82) is 5.26 Å². The number of rotatable bonds is 11. The summed E-state index contributed by atoms with van der Waals surface area (Å²) < 4.78 is 4.50. The predicted octanol–water partition coefficient (Wildman–Crippen LogP) is 4.65. The molecule has 1 rings (SSSR count). The average molecular weight is 404 g/mol. The number of methoxy groups -OCH3 is 1. The predicted molar refractivity (Wildman–Crippen MR) is 103 cm³/mol. The van der Waals surface area contributed by atoms with E-state index in [9.17, 15) is 9.90 Å². The van der Waals surface area contributed by atoms with Gasteiger partial charge in [-0.05, 0) is 54.9 Å². The zero-order valence-corrected chi connectivity index (χ0v) is 16.6. The second kappa shape index (κ2) is 11.6. The lowest BCUT2D eigenvalue weighted by atomic mass is 9.99. The first kappa shape index (κ1) is 22.1. The number of thioether (sulfide) groups is 1. The van der Waals surface area contributed by atoms with Gasteiger partial charge in [-0.1, -0.05) is 35.7 Å². The second-order valence-corrected chi connectivity index (χ2v) is 7.87. The van der Waals surface area contributed by atoms with E-state index < -0.39 is 11.6 Å². The van der Waals surface area contributed by atoms with Crippen LogP contribution >= 0.6 is 35.0 Å². The normalized spacial score (nSPS) is 13.1. The van der Waals surface area contributed by atoms with Gasteiger partial charge in [-0.2, -0.15) is 17.0 Å². The Hall–Kier alpha value is -0.930. The van der Waals surface area contributed by atoms with Crippen LogP contribution in [0.5, 0.6) is 0 Å². The van der Waals surface area contributed by atoms with E-state index >= 15 is 0 Å². The molecule has 0 aliphatic carbocycles. The van der Waals surface area contributed by atoms with Crippen LogP contribution in [0.1, 0.15) is 37.7 Å². The van der Waals surface area contributed by atoms with E-state index in [0.717, 1.165) is 37.0 Å². The molecule has 7 heteroatoms. The first-order valence-corrected chi connectivity index (χ1v) is 10.0. The van der Waals surface area contributed by atoms with Gasteiger partial charge < -0.3 is 9.84 Å². The summed E-state index contributed by atoms with van der Waals surface area (Å²) in [6, 6.07) is 7.38.